The Bertz CT molecular complexity index is 1250. The summed E-state index contributed by atoms with van der Waals surface area (Å²) >= 11 is 0. The number of rotatable bonds is 8. The van der Waals surface area contributed by atoms with E-state index >= 15 is 0 Å². The number of aryl methyl sites for hydroxylation is 1. The Morgan fingerprint density at radius 1 is 1.08 bits per heavy atom. The number of carbonyl (C=O) groups is 2. The highest BCUT2D eigenvalue weighted by Gasteiger charge is 2.31. The molecule has 4 rings (SSSR count). The molecule has 1 atom stereocenters. The lowest BCUT2D eigenvalue weighted by atomic mass is 9.78. The van der Waals surface area contributed by atoms with Gasteiger partial charge >= 0.3 is 6.03 Å². The molecule has 3 aromatic rings. The van der Waals surface area contributed by atoms with Gasteiger partial charge in [0.25, 0.3) is 0 Å². The number of anilines is 2. The summed E-state index contributed by atoms with van der Waals surface area (Å²) in [7, 11) is 1.55. The minimum Gasteiger partial charge on any atom is -0.377 e. The molecule has 0 spiro atoms. The van der Waals surface area contributed by atoms with Crippen LogP contribution in [-0.2, 0) is 14.9 Å². The zero-order valence-electron chi connectivity index (χ0n) is 23.0. The third kappa shape index (κ3) is 6.68. The highest BCUT2D eigenvalue weighted by Crippen LogP contribution is 2.33. The van der Waals surface area contributed by atoms with Gasteiger partial charge in [-0.3, -0.25) is 10.1 Å². The highest BCUT2D eigenvalue weighted by atomic mass is 16.5. The van der Waals surface area contributed by atoms with Crippen molar-refractivity contribution in [2.75, 3.05) is 37.4 Å². The number of amides is 2. The number of nitrogens with one attached hydrogen (secondary N) is 3. The fourth-order valence-corrected chi connectivity index (χ4v) is 4.94. The molecule has 8 heteroatoms. The van der Waals surface area contributed by atoms with Gasteiger partial charge in [0.15, 0.2) is 5.78 Å². The number of hydrogen-bond acceptors (Lipinski definition) is 5. The molecule has 2 heterocycles. The maximum atomic E-state index is 13.1. The van der Waals surface area contributed by atoms with Gasteiger partial charge in [0.2, 0.25) is 0 Å². The van der Waals surface area contributed by atoms with E-state index in [1.807, 2.05) is 61.5 Å². The summed E-state index contributed by atoms with van der Waals surface area (Å²) in [6.45, 7) is 10.2. The third-order valence-electron chi connectivity index (χ3n) is 6.99. The van der Waals surface area contributed by atoms with Crippen molar-refractivity contribution in [3.05, 3.63) is 71.4 Å². The van der Waals surface area contributed by atoms with Gasteiger partial charge in [-0.25, -0.2) is 9.48 Å². The van der Waals surface area contributed by atoms with Crippen molar-refractivity contribution in [2.45, 2.75) is 51.9 Å². The molecule has 1 unspecified atom stereocenters. The van der Waals surface area contributed by atoms with E-state index in [4.69, 9.17) is 9.84 Å². The Morgan fingerprint density at radius 3 is 2.45 bits per heavy atom. The molecular formula is C30H39N5O3. The van der Waals surface area contributed by atoms with Crippen LogP contribution in [0.15, 0.2) is 54.6 Å². The quantitative estimate of drug-likeness (QED) is 0.371. The summed E-state index contributed by atoms with van der Waals surface area (Å²) in [6, 6.07) is 17.1. The lowest BCUT2D eigenvalue weighted by molar-refractivity contribution is -0.125. The Labute approximate surface area is 225 Å². The van der Waals surface area contributed by atoms with Crippen LogP contribution in [0.3, 0.4) is 0 Å². The topological polar surface area (TPSA) is 97.3 Å². The molecule has 0 radical (unpaired) electrons. The van der Waals surface area contributed by atoms with Gasteiger partial charge in [-0.2, -0.15) is 5.10 Å². The second-order valence-corrected chi connectivity index (χ2v) is 11.1. The van der Waals surface area contributed by atoms with E-state index in [1.165, 1.54) is 0 Å². The van der Waals surface area contributed by atoms with Crippen molar-refractivity contribution in [1.82, 2.24) is 15.1 Å². The van der Waals surface area contributed by atoms with E-state index in [1.54, 1.807) is 11.8 Å². The second-order valence-electron chi connectivity index (χ2n) is 11.1. The molecule has 1 saturated heterocycles. The molecule has 0 bridgehead atoms. The number of Topliss-reactive ketones (excluding diaryl/α,β-unsaturated/α-hetero) is 1. The zero-order valence-corrected chi connectivity index (χ0v) is 23.0. The molecule has 3 N–H and O–H groups in total. The number of methoxy groups -OCH3 is 1. The van der Waals surface area contributed by atoms with Crippen LogP contribution in [0, 0.1) is 12.8 Å². The van der Waals surface area contributed by atoms with E-state index < -0.39 is 0 Å². The van der Waals surface area contributed by atoms with E-state index in [0.717, 1.165) is 48.4 Å². The Hall–Kier alpha value is -3.49. The first-order valence-corrected chi connectivity index (χ1v) is 13.2. The number of benzene rings is 2. The molecule has 1 fully saturated rings. The van der Waals surface area contributed by atoms with Crippen molar-refractivity contribution in [2.24, 2.45) is 5.92 Å². The molecule has 0 saturated carbocycles. The molecule has 2 aromatic carbocycles. The normalized spacial score (nSPS) is 15.2. The summed E-state index contributed by atoms with van der Waals surface area (Å²) in [5, 5.41) is 14.1. The molecule has 0 aliphatic carbocycles. The van der Waals surface area contributed by atoms with Crippen LogP contribution in [0.5, 0.6) is 0 Å². The SMILES string of the molecule is COCC(=O)C(c1cccc(NC(=O)Nc2cc(C(C)(C)C)nn2-c2ccc(C)cc2)c1)C1CCNCC1. The van der Waals surface area contributed by atoms with Gasteiger partial charge in [-0.15, -0.1) is 0 Å². The summed E-state index contributed by atoms with van der Waals surface area (Å²) in [5.41, 5.74) is 4.23. The Kier molecular flexibility index (Phi) is 8.64. The minimum atomic E-state index is -0.377. The number of ether oxygens (including phenoxy) is 1. The predicted molar refractivity (Wildman–Crippen MR) is 151 cm³/mol. The molecular weight excluding hydrogens is 478 g/mol. The van der Waals surface area contributed by atoms with Crippen molar-refractivity contribution < 1.29 is 14.3 Å². The monoisotopic (exact) mass is 517 g/mol. The highest BCUT2D eigenvalue weighted by molar-refractivity contribution is 5.99. The molecule has 202 valence electrons. The fourth-order valence-electron chi connectivity index (χ4n) is 4.94. The number of aromatic nitrogens is 2. The summed E-state index contributed by atoms with van der Waals surface area (Å²) in [5.74, 6) is 0.620. The largest absolute Gasteiger partial charge is 0.377 e. The van der Waals surface area contributed by atoms with Crippen LogP contribution >= 0.6 is 0 Å². The minimum absolute atomic E-state index is 0.0673. The van der Waals surface area contributed by atoms with Crippen LogP contribution in [0.4, 0.5) is 16.3 Å². The van der Waals surface area contributed by atoms with Crippen molar-refractivity contribution >= 4 is 23.3 Å². The maximum Gasteiger partial charge on any atom is 0.324 e. The summed E-state index contributed by atoms with van der Waals surface area (Å²) in [4.78, 5) is 26.2. The molecule has 1 aliphatic heterocycles. The van der Waals surface area contributed by atoms with E-state index in [-0.39, 0.29) is 35.7 Å². The molecule has 38 heavy (non-hydrogen) atoms. The molecule has 8 nitrogen and oxygen atoms in total. The number of carbonyl (C=O) groups excluding carboxylic acids is 2. The lowest BCUT2D eigenvalue weighted by Crippen LogP contribution is -2.34. The van der Waals surface area contributed by atoms with Gasteiger partial charge in [0.1, 0.15) is 12.4 Å². The van der Waals surface area contributed by atoms with Gasteiger partial charge in [-0.1, -0.05) is 50.6 Å². The van der Waals surface area contributed by atoms with Crippen LogP contribution in [0.2, 0.25) is 0 Å². The third-order valence-corrected chi connectivity index (χ3v) is 6.99. The van der Waals surface area contributed by atoms with Gasteiger partial charge in [-0.05, 0) is 68.6 Å². The zero-order chi connectivity index (χ0) is 27.3. The number of ketones is 1. The Balaban J connectivity index is 1.56. The molecule has 1 aromatic heterocycles. The van der Waals surface area contributed by atoms with Crippen LogP contribution < -0.4 is 16.0 Å². The predicted octanol–water partition coefficient (Wildman–Crippen LogP) is 5.42. The standard InChI is InChI=1S/C30H39N5O3/c1-20-9-11-24(12-10-20)35-27(18-26(34-35)30(2,3)4)33-29(37)32-23-8-6-7-22(17-23)28(25(36)19-38-5)21-13-15-31-16-14-21/h6-12,17-18,21,28,31H,13-16,19H2,1-5H3,(H2,32,33,37). The van der Waals surface area contributed by atoms with Gasteiger partial charge in [0, 0.05) is 30.2 Å². The summed E-state index contributed by atoms with van der Waals surface area (Å²) < 4.78 is 6.94. The number of urea groups is 1. The van der Waals surface area contributed by atoms with Crippen LogP contribution in [0.1, 0.15) is 56.4 Å². The summed E-state index contributed by atoms with van der Waals surface area (Å²) in [6.07, 6.45) is 1.86. The molecule has 2 amide bonds. The van der Waals surface area contributed by atoms with E-state index in [9.17, 15) is 9.59 Å². The van der Waals surface area contributed by atoms with Crippen molar-refractivity contribution in [1.29, 1.82) is 0 Å². The average molecular weight is 518 g/mol. The first kappa shape index (κ1) is 27.5. The van der Waals surface area contributed by atoms with Crippen LogP contribution in [0.25, 0.3) is 5.69 Å². The Morgan fingerprint density at radius 2 is 1.79 bits per heavy atom. The number of nitrogens with zero attached hydrogens (tertiary/aromatic N) is 2. The smallest absolute Gasteiger partial charge is 0.324 e. The number of hydrogen-bond donors (Lipinski definition) is 3. The number of piperidine rings is 1. The van der Waals surface area contributed by atoms with Crippen molar-refractivity contribution in [3.8, 4) is 5.69 Å². The molecule has 1 aliphatic rings. The fraction of sp³-hybridized carbons (Fsp3) is 0.433. The van der Waals surface area contributed by atoms with Gasteiger partial charge < -0.3 is 15.4 Å². The van der Waals surface area contributed by atoms with Crippen LogP contribution in [-0.4, -0.2) is 48.4 Å². The van der Waals surface area contributed by atoms with E-state index in [2.05, 4.69) is 36.7 Å². The average Bonchev–Trinajstić information content (AvgIpc) is 3.30. The van der Waals surface area contributed by atoms with Gasteiger partial charge in [0.05, 0.1) is 11.4 Å². The van der Waals surface area contributed by atoms with E-state index in [0.29, 0.717) is 11.5 Å². The van der Waals surface area contributed by atoms with Crippen molar-refractivity contribution in [3.63, 3.8) is 0 Å². The first-order valence-electron chi connectivity index (χ1n) is 13.2. The second kappa shape index (κ2) is 11.9. The maximum absolute atomic E-state index is 13.1. The lowest BCUT2D eigenvalue weighted by Gasteiger charge is -2.30. The first-order chi connectivity index (χ1) is 18.2.